The number of carboxylic acids is 1. The van der Waals surface area contributed by atoms with E-state index in [1.54, 1.807) is 25.3 Å². The zero-order valence-corrected chi connectivity index (χ0v) is 21.2. The highest BCUT2D eigenvalue weighted by atomic mass is 16.7. The average molecular weight is 546 g/mol. The molecule has 2 aliphatic rings. The number of rotatable bonds is 12. The van der Waals surface area contributed by atoms with Gasteiger partial charge in [0.15, 0.2) is 18.7 Å². The van der Waals surface area contributed by atoms with Crippen molar-refractivity contribution in [2.75, 3.05) is 27.4 Å². The molecule has 10 unspecified atom stereocenters. The van der Waals surface area contributed by atoms with Crippen molar-refractivity contribution in [1.82, 2.24) is 10.0 Å². The molecular formula is C23H35N3O12. The number of hydrogen-bond donors (Lipinski definition) is 5. The van der Waals surface area contributed by atoms with Crippen molar-refractivity contribution >= 4 is 12.2 Å². The molecule has 5 N–H and O–H groups in total. The van der Waals surface area contributed by atoms with Crippen LogP contribution in [-0.4, -0.2) is 126 Å². The van der Waals surface area contributed by atoms with E-state index < -0.39 is 67.3 Å². The first-order valence-corrected chi connectivity index (χ1v) is 12.0. The number of carbonyl (C=O) groups is 1. The van der Waals surface area contributed by atoms with Crippen molar-refractivity contribution in [2.45, 2.75) is 74.8 Å². The second-order valence-corrected chi connectivity index (χ2v) is 8.61. The molecule has 0 radical (unpaired) electrons. The standard InChI is InChI=1S/C23H35N3O12/c1-4-35-25-14-18(37-23-17(30)16(29)19(33-2)20(38-23)21(31)32)15(28)12(36-22(14)34-3)11-24-8-10-26-9-6-5-7-13(26)27/h5-7,9,11-12,14-20,22-23,25,28-30H,4,8,10H2,1-3H3,(H,31,32)/b24-11-. The van der Waals surface area contributed by atoms with E-state index in [2.05, 4.69) is 10.5 Å². The Morgan fingerprint density at radius 2 is 1.87 bits per heavy atom. The molecule has 2 saturated heterocycles. The van der Waals surface area contributed by atoms with E-state index >= 15 is 0 Å². The number of aliphatic hydroxyl groups is 3. The maximum atomic E-state index is 11.9. The zero-order chi connectivity index (χ0) is 27.8. The van der Waals surface area contributed by atoms with Crippen molar-refractivity contribution in [2.24, 2.45) is 4.99 Å². The van der Waals surface area contributed by atoms with Crippen LogP contribution in [0.15, 0.2) is 34.2 Å². The van der Waals surface area contributed by atoms with Crippen LogP contribution in [0.2, 0.25) is 0 Å². The van der Waals surface area contributed by atoms with E-state index in [9.17, 15) is 30.0 Å². The highest BCUT2D eigenvalue weighted by Gasteiger charge is 2.53. The number of aliphatic hydroxyl groups excluding tert-OH is 3. The molecule has 3 rings (SSSR count). The van der Waals surface area contributed by atoms with Crippen LogP contribution >= 0.6 is 0 Å². The molecule has 0 saturated carbocycles. The number of hydroxylamine groups is 1. The van der Waals surface area contributed by atoms with Gasteiger partial charge in [-0.1, -0.05) is 6.07 Å². The number of aliphatic carboxylic acids is 1. The Bertz CT molecular complexity index is 977. The zero-order valence-electron chi connectivity index (χ0n) is 21.2. The molecule has 0 aromatic carbocycles. The molecule has 10 atom stereocenters. The highest BCUT2D eigenvalue weighted by molar-refractivity contribution is 5.73. The Morgan fingerprint density at radius 3 is 2.50 bits per heavy atom. The van der Waals surface area contributed by atoms with Crippen LogP contribution in [0, 0.1) is 0 Å². The number of ether oxygens (including phenoxy) is 5. The van der Waals surface area contributed by atoms with Crippen molar-refractivity contribution in [3.8, 4) is 0 Å². The molecule has 1 aromatic rings. The molecule has 0 aliphatic carbocycles. The lowest BCUT2D eigenvalue weighted by Crippen LogP contribution is -2.67. The summed E-state index contributed by atoms with van der Waals surface area (Å²) in [6.07, 6.45) is -9.89. The Morgan fingerprint density at radius 1 is 1.11 bits per heavy atom. The number of aliphatic imine (C=N–C) groups is 1. The van der Waals surface area contributed by atoms with Crippen LogP contribution in [0.3, 0.4) is 0 Å². The fourth-order valence-electron chi connectivity index (χ4n) is 4.22. The largest absolute Gasteiger partial charge is 0.479 e. The lowest BCUT2D eigenvalue weighted by molar-refractivity contribution is -0.339. The van der Waals surface area contributed by atoms with Gasteiger partial charge < -0.3 is 53.5 Å². The highest BCUT2D eigenvalue weighted by Crippen LogP contribution is 2.30. The fourth-order valence-corrected chi connectivity index (χ4v) is 4.22. The van der Waals surface area contributed by atoms with Gasteiger partial charge in [-0.2, -0.15) is 5.48 Å². The Labute approximate surface area is 218 Å². The van der Waals surface area contributed by atoms with Crippen LogP contribution in [0.5, 0.6) is 0 Å². The normalized spacial score (nSPS) is 35.9. The minimum Gasteiger partial charge on any atom is -0.479 e. The maximum absolute atomic E-state index is 11.9. The summed E-state index contributed by atoms with van der Waals surface area (Å²) in [4.78, 5) is 33.1. The molecule has 2 fully saturated rings. The fraction of sp³-hybridized carbons (Fsp3) is 0.696. The number of pyridine rings is 1. The molecule has 38 heavy (non-hydrogen) atoms. The van der Waals surface area contributed by atoms with Gasteiger partial charge in [0.25, 0.3) is 5.56 Å². The number of methoxy groups -OCH3 is 2. The quantitative estimate of drug-likeness (QED) is 0.136. The predicted octanol–water partition coefficient (Wildman–Crippen LogP) is -2.51. The van der Waals surface area contributed by atoms with Gasteiger partial charge in [0, 0.05) is 39.2 Å². The van der Waals surface area contributed by atoms with Gasteiger partial charge in [0.2, 0.25) is 0 Å². The van der Waals surface area contributed by atoms with E-state index in [1.165, 1.54) is 31.1 Å². The van der Waals surface area contributed by atoms with Gasteiger partial charge in [0.1, 0.15) is 42.7 Å². The van der Waals surface area contributed by atoms with Crippen LogP contribution in [0.1, 0.15) is 6.92 Å². The SMILES string of the molecule is CCONC1C(OC)OC(/C=N\CCn2ccccc2=O)C(O)C1OC1OC(C(=O)O)C(OC)C(O)C1O. The van der Waals surface area contributed by atoms with E-state index in [0.29, 0.717) is 6.54 Å². The van der Waals surface area contributed by atoms with Gasteiger partial charge >= 0.3 is 5.97 Å². The number of carboxylic acid groups (broad SMARTS) is 1. The summed E-state index contributed by atoms with van der Waals surface area (Å²) in [7, 11) is 2.53. The second-order valence-electron chi connectivity index (χ2n) is 8.61. The van der Waals surface area contributed by atoms with Crippen molar-refractivity contribution in [3.05, 3.63) is 34.7 Å². The lowest BCUT2D eigenvalue weighted by atomic mass is 9.95. The molecule has 0 bridgehead atoms. The molecule has 15 heteroatoms. The molecule has 0 amide bonds. The summed E-state index contributed by atoms with van der Waals surface area (Å²) in [6.45, 7) is 2.44. The second kappa shape index (κ2) is 14.2. The molecule has 1 aromatic heterocycles. The van der Waals surface area contributed by atoms with Gasteiger partial charge in [-0.05, 0) is 13.0 Å². The summed E-state index contributed by atoms with van der Waals surface area (Å²) in [5.74, 6) is -1.44. The van der Waals surface area contributed by atoms with Crippen LogP contribution in [0.4, 0.5) is 0 Å². The van der Waals surface area contributed by atoms with E-state index in [0.717, 1.165) is 0 Å². The van der Waals surface area contributed by atoms with Gasteiger partial charge in [-0.3, -0.25) is 9.79 Å². The maximum Gasteiger partial charge on any atom is 0.335 e. The van der Waals surface area contributed by atoms with E-state index in [4.69, 9.17) is 28.5 Å². The molecule has 3 heterocycles. The first-order valence-electron chi connectivity index (χ1n) is 12.0. The van der Waals surface area contributed by atoms with Crippen LogP contribution in [0.25, 0.3) is 0 Å². The third-order valence-corrected chi connectivity index (χ3v) is 6.18. The van der Waals surface area contributed by atoms with Gasteiger partial charge in [-0.15, -0.1) is 0 Å². The number of aromatic nitrogens is 1. The van der Waals surface area contributed by atoms with Crippen molar-refractivity contribution in [3.63, 3.8) is 0 Å². The number of nitrogens with zero attached hydrogens (tertiary/aromatic N) is 2. The topological polar surface area (TPSA) is 200 Å². The first kappa shape index (κ1) is 30.2. The van der Waals surface area contributed by atoms with Crippen LogP contribution < -0.4 is 11.0 Å². The van der Waals surface area contributed by atoms with Crippen molar-refractivity contribution < 1.29 is 53.7 Å². The monoisotopic (exact) mass is 545 g/mol. The Hall–Kier alpha value is -2.31. The molecular weight excluding hydrogens is 510 g/mol. The summed E-state index contributed by atoms with van der Waals surface area (Å²) in [6, 6.07) is 3.81. The summed E-state index contributed by atoms with van der Waals surface area (Å²) in [5, 5.41) is 41.7. The lowest BCUT2D eigenvalue weighted by Gasteiger charge is -2.46. The van der Waals surface area contributed by atoms with E-state index in [1.807, 2.05) is 0 Å². The third-order valence-electron chi connectivity index (χ3n) is 6.18. The average Bonchev–Trinajstić information content (AvgIpc) is 2.90. The Kier molecular flexibility index (Phi) is 11.3. The van der Waals surface area contributed by atoms with E-state index in [-0.39, 0.29) is 18.7 Å². The predicted molar refractivity (Wildman–Crippen MR) is 128 cm³/mol. The van der Waals surface area contributed by atoms with Crippen LogP contribution in [-0.2, 0) is 39.9 Å². The van der Waals surface area contributed by atoms with Gasteiger partial charge in [-0.25, -0.2) is 4.79 Å². The van der Waals surface area contributed by atoms with Crippen molar-refractivity contribution in [1.29, 1.82) is 0 Å². The Balaban J connectivity index is 1.79. The smallest absolute Gasteiger partial charge is 0.335 e. The van der Waals surface area contributed by atoms with Gasteiger partial charge in [0.05, 0.1) is 13.2 Å². The molecule has 2 aliphatic heterocycles. The number of hydrogen-bond acceptors (Lipinski definition) is 13. The molecule has 214 valence electrons. The third kappa shape index (κ3) is 7.01. The first-order chi connectivity index (χ1) is 18.2. The summed E-state index contributed by atoms with van der Waals surface area (Å²) >= 11 is 0. The summed E-state index contributed by atoms with van der Waals surface area (Å²) < 4.78 is 29.0. The summed E-state index contributed by atoms with van der Waals surface area (Å²) in [5.41, 5.74) is 2.50. The minimum absolute atomic E-state index is 0.182. The molecule has 15 nitrogen and oxygen atoms in total. The minimum atomic E-state index is -1.71. The molecule has 0 spiro atoms. The number of nitrogens with one attached hydrogen (secondary N) is 1.